The average molecular weight is 1190 g/mol. The summed E-state index contributed by atoms with van der Waals surface area (Å²) >= 11 is 0. The molecule has 4 aromatic rings. The fourth-order valence-corrected chi connectivity index (χ4v) is 11.5. The van der Waals surface area contributed by atoms with Crippen LogP contribution < -0.4 is 26.8 Å². The number of imide groups is 1. The maximum absolute atomic E-state index is 15.5. The number of ether oxygens (including phenoxy) is 2. The molecule has 0 fully saturated rings. The Morgan fingerprint density at radius 3 is 2.24 bits per heavy atom. The molecule has 2 aromatic carbocycles. The van der Waals surface area contributed by atoms with Crippen molar-refractivity contribution in [2.45, 2.75) is 167 Å². The van der Waals surface area contributed by atoms with E-state index in [2.05, 4.69) is 21.3 Å². The van der Waals surface area contributed by atoms with E-state index in [1.807, 2.05) is 0 Å². The van der Waals surface area contributed by atoms with Crippen LogP contribution in [0.4, 0.5) is 4.39 Å². The van der Waals surface area contributed by atoms with Crippen molar-refractivity contribution in [1.29, 1.82) is 0 Å². The molecule has 0 saturated heterocycles. The molecule has 23 heteroatoms. The number of unbranched alkanes of at least 4 members (excludes halogenated alkanes) is 2. The molecule has 0 unspecified atom stereocenters. The predicted octanol–water partition coefficient (Wildman–Crippen LogP) is 4.47. The van der Waals surface area contributed by atoms with Crippen LogP contribution in [0.3, 0.4) is 0 Å². The van der Waals surface area contributed by atoms with Crippen molar-refractivity contribution in [2.75, 3.05) is 19.6 Å². The summed E-state index contributed by atoms with van der Waals surface area (Å²) in [6, 6.07) is 9.86. The number of benzene rings is 2. The summed E-state index contributed by atoms with van der Waals surface area (Å²) < 4.78 is 27.5. The lowest BCUT2D eigenvalue weighted by molar-refractivity contribution is -0.172. The van der Waals surface area contributed by atoms with Crippen LogP contribution in [0.5, 0.6) is 0 Å². The molecule has 456 valence electrons. The third-order valence-corrected chi connectivity index (χ3v) is 16.0. The molecule has 22 nitrogen and oxygen atoms in total. The van der Waals surface area contributed by atoms with Crippen LogP contribution in [0, 0.1) is 18.7 Å². The number of nitrogens with zero attached hydrogens (tertiary/aromatic N) is 3. The number of carbonyl (C=O) groups is 11. The maximum Gasteiger partial charge on any atom is 0.343 e. The summed E-state index contributed by atoms with van der Waals surface area (Å²) in [5, 5.41) is 22.9. The predicted molar refractivity (Wildman–Crippen MR) is 308 cm³/mol. The zero-order valence-electron chi connectivity index (χ0n) is 49.0. The number of ketones is 3. The second-order valence-electron chi connectivity index (χ2n) is 23.3. The molecule has 0 saturated carbocycles. The lowest BCUT2D eigenvalue weighted by atomic mass is 9.81. The number of halogens is 1. The van der Waals surface area contributed by atoms with Gasteiger partial charge in [0.15, 0.2) is 23.0 Å². The minimum atomic E-state index is -2.06. The van der Waals surface area contributed by atoms with Gasteiger partial charge in [0.05, 0.1) is 60.6 Å². The van der Waals surface area contributed by atoms with Gasteiger partial charge in [0.25, 0.3) is 17.4 Å². The normalized spacial score (nSPS) is 17.2. The fourth-order valence-electron chi connectivity index (χ4n) is 11.5. The minimum Gasteiger partial charge on any atom is -0.460 e. The van der Waals surface area contributed by atoms with Gasteiger partial charge in [-0.05, 0) is 101 Å². The molecule has 5 heterocycles. The Morgan fingerprint density at radius 2 is 1.53 bits per heavy atom. The SMILES string of the molecule is CC[C@@]1(O)C(=O)OCc2c1cc1n(c2=O)Cc2c-1nc1cc(F)c(C)c3c1c2[C@@H](NC(=O)CCCC(=O)CNC(=O)[C@@H](CC(=O)CNC(=O)CCC(=O)[C@H](CC(=O)OC(C)(C)C)NC(=O)CCCCCN1C(=O)C=CC1=O)Cc1ccccc1)CC3. The number of aromatic nitrogens is 2. The second kappa shape index (κ2) is 27.2. The van der Waals surface area contributed by atoms with Crippen LogP contribution in [0.15, 0.2) is 59.4 Å². The van der Waals surface area contributed by atoms with Gasteiger partial charge in [-0.1, -0.05) is 43.7 Å². The van der Waals surface area contributed by atoms with Crippen LogP contribution in [0.2, 0.25) is 0 Å². The van der Waals surface area contributed by atoms with Crippen molar-refractivity contribution in [2.24, 2.45) is 5.92 Å². The first-order valence-electron chi connectivity index (χ1n) is 29.2. The van der Waals surface area contributed by atoms with Gasteiger partial charge in [-0.25, -0.2) is 14.2 Å². The molecule has 8 rings (SSSR count). The molecule has 86 heavy (non-hydrogen) atoms. The Hall–Kier alpha value is -8.60. The third kappa shape index (κ3) is 14.9. The molecule has 5 N–H and O–H groups in total. The number of rotatable bonds is 28. The number of amides is 6. The first-order chi connectivity index (χ1) is 40.8. The summed E-state index contributed by atoms with van der Waals surface area (Å²) in [5.41, 5.74) is 1.09. The Balaban J connectivity index is 0.820. The molecular weight excluding hydrogens is 1110 g/mol. The highest BCUT2D eigenvalue weighted by Crippen LogP contribution is 2.46. The largest absolute Gasteiger partial charge is 0.460 e. The fraction of sp³-hybridized carbons (Fsp3) is 0.476. The summed E-state index contributed by atoms with van der Waals surface area (Å²) in [7, 11) is 0. The van der Waals surface area contributed by atoms with Gasteiger partial charge in [0.2, 0.25) is 23.6 Å². The van der Waals surface area contributed by atoms with E-state index >= 15 is 4.39 Å². The van der Waals surface area contributed by atoms with Crippen molar-refractivity contribution in [1.82, 2.24) is 35.7 Å². The number of Topliss-reactive ketones (excluding diaryl/α,β-unsaturated/α-hetero) is 3. The average Bonchev–Trinajstić information content (AvgIpc) is 1.54. The van der Waals surface area contributed by atoms with E-state index in [1.54, 1.807) is 71.0 Å². The number of pyridine rings is 2. The van der Waals surface area contributed by atoms with Crippen LogP contribution in [0.25, 0.3) is 22.3 Å². The molecule has 6 amide bonds. The quantitative estimate of drug-likeness (QED) is 0.0262. The van der Waals surface area contributed by atoms with Gasteiger partial charge >= 0.3 is 11.9 Å². The van der Waals surface area contributed by atoms with Gasteiger partial charge < -0.3 is 40.4 Å². The monoisotopic (exact) mass is 1190 g/mol. The third-order valence-electron chi connectivity index (χ3n) is 16.0. The number of hydrogen-bond donors (Lipinski definition) is 5. The molecule has 3 aliphatic heterocycles. The highest BCUT2D eigenvalue weighted by Gasteiger charge is 2.46. The van der Waals surface area contributed by atoms with Crippen LogP contribution >= 0.6 is 0 Å². The number of esters is 2. The van der Waals surface area contributed by atoms with E-state index in [9.17, 15) is 62.6 Å². The number of hydrogen-bond acceptors (Lipinski definition) is 16. The topological polar surface area (TPSA) is 313 Å². The van der Waals surface area contributed by atoms with Crippen molar-refractivity contribution in [3.05, 3.63) is 110 Å². The maximum atomic E-state index is 15.5. The van der Waals surface area contributed by atoms with Crippen LogP contribution in [-0.2, 0) is 93.8 Å². The van der Waals surface area contributed by atoms with Gasteiger partial charge in [0.1, 0.15) is 18.0 Å². The van der Waals surface area contributed by atoms with Crippen LogP contribution in [-0.4, -0.2) is 116 Å². The summed E-state index contributed by atoms with van der Waals surface area (Å²) in [6.45, 7) is 7.26. The number of carbonyl (C=O) groups excluding carboxylic acids is 11. The lowest BCUT2D eigenvalue weighted by Gasteiger charge is -2.31. The highest BCUT2D eigenvalue weighted by molar-refractivity contribution is 6.12. The molecular formula is C63H72FN7O15. The Labute approximate surface area is 495 Å². The molecule has 0 spiro atoms. The van der Waals surface area contributed by atoms with E-state index in [-0.39, 0.29) is 94.0 Å². The standard InChI is InChI=1S/C63H72FN7O15/c1-6-63(84)43-28-48-58-41(33-71(48)60(82)42(43)34-85-61(63)83)57-45(20-19-40-35(2)44(64)29-47(69-58)56(40)57)67-52(77)18-13-16-38(72)31-66-59(81)37(26-36-14-9-7-10-15-36)27-39(73)32-65-50(75)22-21-49(74)46(30-55(80)86-62(3,4)5)68-51(76)17-11-8-12-25-70-53(78)23-24-54(70)79/h7,9-10,14-15,23-24,28-29,37,45-46,84H,6,8,11-13,16-22,25-27,30-34H2,1-5H3,(H,65,75)(H,66,81)(H,67,77)(H,68,76)/t37-,45+,46+,63+/m1/s1. The first-order valence-corrected chi connectivity index (χ1v) is 29.2. The van der Waals surface area contributed by atoms with Crippen molar-refractivity contribution < 1.29 is 71.7 Å². The van der Waals surface area contributed by atoms with E-state index in [0.29, 0.717) is 71.1 Å². The molecule has 4 atom stereocenters. The van der Waals surface area contributed by atoms with Gasteiger partial charge in [0, 0.05) is 85.7 Å². The molecule has 4 aliphatic rings. The smallest absolute Gasteiger partial charge is 0.343 e. The zero-order valence-corrected chi connectivity index (χ0v) is 49.0. The molecule has 0 bridgehead atoms. The van der Waals surface area contributed by atoms with Crippen LogP contribution in [0.1, 0.15) is 156 Å². The van der Waals surface area contributed by atoms with E-state index in [0.717, 1.165) is 16.0 Å². The number of aliphatic hydroxyl groups is 1. The Kier molecular flexibility index (Phi) is 20.0. The highest BCUT2D eigenvalue weighted by atomic mass is 19.1. The van der Waals surface area contributed by atoms with E-state index < -0.39 is 119 Å². The number of aryl methyl sites for hydroxylation is 1. The van der Waals surface area contributed by atoms with E-state index in [1.165, 1.54) is 22.8 Å². The molecule has 1 aliphatic carbocycles. The van der Waals surface area contributed by atoms with E-state index in [4.69, 9.17) is 14.5 Å². The summed E-state index contributed by atoms with van der Waals surface area (Å²) in [5.74, 6) is -7.54. The first kappa shape index (κ1) is 63.4. The summed E-state index contributed by atoms with van der Waals surface area (Å²) in [4.78, 5) is 163. The number of cyclic esters (lactones) is 1. The second-order valence-corrected chi connectivity index (χ2v) is 23.3. The molecule has 0 radical (unpaired) electrons. The lowest BCUT2D eigenvalue weighted by Crippen LogP contribution is -2.44. The van der Waals surface area contributed by atoms with Gasteiger partial charge in [-0.3, -0.25) is 57.6 Å². The Morgan fingerprint density at radius 1 is 0.826 bits per heavy atom. The zero-order chi connectivity index (χ0) is 62.2. The van der Waals surface area contributed by atoms with Crippen molar-refractivity contribution in [3.8, 4) is 11.4 Å². The minimum absolute atomic E-state index is 0.0196. The van der Waals surface area contributed by atoms with Crippen molar-refractivity contribution >= 4 is 75.6 Å². The summed E-state index contributed by atoms with van der Waals surface area (Å²) in [6.07, 6.45) is 2.91. The van der Waals surface area contributed by atoms with Gasteiger partial charge in [-0.2, -0.15) is 0 Å². The number of nitrogens with one attached hydrogen (secondary N) is 4. The van der Waals surface area contributed by atoms with Crippen molar-refractivity contribution in [3.63, 3.8) is 0 Å². The Bertz CT molecular complexity index is 3500. The number of fused-ring (bicyclic) bond motifs is 5. The molecule has 2 aromatic heterocycles. The van der Waals surface area contributed by atoms with Gasteiger partial charge in [-0.15, -0.1) is 0 Å².